The number of benzene rings is 2. The van der Waals surface area contributed by atoms with E-state index in [1.165, 1.54) is 12.1 Å². The zero-order chi connectivity index (χ0) is 17.5. The highest BCUT2D eigenvalue weighted by Crippen LogP contribution is 2.33. The molecule has 2 aromatic carbocycles. The van der Waals surface area contributed by atoms with Crippen LogP contribution in [0.4, 0.5) is 0 Å². The second kappa shape index (κ2) is 6.24. The Kier molecular flexibility index (Phi) is 4.42. The molecular weight excluding hydrogens is 369 g/mol. The Labute approximate surface area is 150 Å². The van der Waals surface area contributed by atoms with E-state index in [0.717, 1.165) is 11.1 Å². The number of para-hydroxylation sites is 1. The molecule has 0 unspecified atom stereocenters. The summed E-state index contributed by atoms with van der Waals surface area (Å²) < 4.78 is 30.6. The standard InChI is InChI=1S/C17H13Cl2NO3S/c1-10-6-7-12-4-3-5-14(17(12)20-10)23-24(21,22)15-9-8-13(18)11(2)16(15)19/h3-9H,1-2H3. The average molecular weight is 382 g/mol. The molecule has 0 spiro atoms. The monoisotopic (exact) mass is 381 g/mol. The summed E-state index contributed by atoms with van der Waals surface area (Å²) in [4.78, 5) is 4.24. The van der Waals surface area contributed by atoms with Crippen LogP contribution in [0.25, 0.3) is 10.9 Å². The SMILES string of the molecule is Cc1ccc2cccc(OS(=O)(=O)c3ccc(Cl)c(C)c3Cl)c2n1. The van der Waals surface area contributed by atoms with Crippen molar-refractivity contribution < 1.29 is 12.6 Å². The maximum Gasteiger partial charge on any atom is 0.340 e. The molecule has 1 heterocycles. The molecule has 0 aliphatic heterocycles. The van der Waals surface area contributed by atoms with Crippen molar-refractivity contribution in [3.63, 3.8) is 0 Å². The molecule has 0 saturated heterocycles. The molecule has 0 fully saturated rings. The molecule has 1 aromatic heterocycles. The van der Waals surface area contributed by atoms with E-state index in [4.69, 9.17) is 27.4 Å². The van der Waals surface area contributed by atoms with Crippen LogP contribution in [0.5, 0.6) is 5.75 Å². The fraction of sp³-hybridized carbons (Fsp3) is 0.118. The highest BCUT2D eigenvalue weighted by atomic mass is 35.5. The van der Waals surface area contributed by atoms with Crippen LogP contribution in [0.2, 0.25) is 10.0 Å². The lowest BCUT2D eigenvalue weighted by Gasteiger charge is -2.12. The van der Waals surface area contributed by atoms with Gasteiger partial charge in [0.1, 0.15) is 10.4 Å². The number of pyridine rings is 1. The maximum atomic E-state index is 12.6. The third-order valence-corrected chi connectivity index (χ3v) is 5.86. The van der Waals surface area contributed by atoms with Gasteiger partial charge in [0.25, 0.3) is 0 Å². The lowest BCUT2D eigenvalue weighted by molar-refractivity contribution is 0.488. The van der Waals surface area contributed by atoms with E-state index < -0.39 is 10.1 Å². The molecule has 3 aromatic rings. The van der Waals surface area contributed by atoms with Gasteiger partial charge >= 0.3 is 10.1 Å². The Morgan fingerprint density at radius 2 is 1.75 bits per heavy atom. The number of fused-ring (bicyclic) bond motifs is 1. The fourth-order valence-electron chi connectivity index (χ4n) is 2.28. The normalized spacial score (nSPS) is 11.7. The Morgan fingerprint density at radius 3 is 2.50 bits per heavy atom. The Bertz CT molecular complexity index is 1050. The third-order valence-electron chi connectivity index (χ3n) is 3.58. The number of rotatable bonds is 3. The smallest absolute Gasteiger partial charge is 0.340 e. The van der Waals surface area contributed by atoms with Crippen LogP contribution in [0.1, 0.15) is 11.3 Å². The van der Waals surface area contributed by atoms with Crippen molar-refractivity contribution in [3.05, 3.63) is 63.8 Å². The summed E-state index contributed by atoms with van der Waals surface area (Å²) in [6, 6.07) is 11.6. The topological polar surface area (TPSA) is 56.3 Å². The highest BCUT2D eigenvalue weighted by Gasteiger charge is 2.23. The minimum Gasteiger partial charge on any atom is -0.377 e. The van der Waals surface area contributed by atoms with Gasteiger partial charge in [-0.15, -0.1) is 0 Å². The van der Waals surface area contributed by atoms with Crippen molar-refractivity contribution in [3.8, 4) is 5.75 Å². The van der Waals surface area contributed by atoms with Crippen LogP contribution in [0.3, 0.4) is 0 Å². The summed E-state index contributed by atoms with van der Waals surface area (Å²) in [5.41, 5.74) is 1.72. The van der Waals surface area contributed by atoms with Crippen molar-refractivity contribution in [2.75, 3.05) is 0 Å². The Hall–Kier alpha value is -1.82. The molecule has 0 radical (unpaired) electrons. The second-order valence-corrected chi connectivity index (χ2v) is 7.60. The second-order valence-electron chi connectivity index (χ2n) is 5.30. The number of hydrogen-bond acceptors (Lipinski definition) is 4. The van der Waals surface area contributed by atoms with E-state index in [0.29, 0.717) is 16.1 Å². The summed E-state index contributed by atoms with van der Waals surface area (Å²) >= 11 is 12.1. The Balaban J connectivity index is 2.11. The predicted octanol–water partition coefficient (Wildman–Crippen LogP) is 4.93. The third kappa shape index (κ3) is 3.07. The van der Waals surface area contributed by atoms with Gasteiger partial charge < -0.3 is 4.18 Å². The van der Waals surface area contributed by atoms with Gasteiger partial charge in [-0.1, -0.05) is 41.4 Å². The molecule has 0 aliphatic carbocycles. The van der Waals surface area contributed by atoms with E-state index in [2.05, 4.69) is 4.98 Å². The van der Waals surface area contributed by atoms with Gasteiger partial charge in [-0.25, -0.2) is 4.98 Å². The molecular formula is C17H13Cl2NO3S. The first kappa shape index (κ1) is 17.0. The van der Waals surface area contributed by atoms with Crippen molar-refractivity contribution >= 4 is 44.2 Å². The van der Waals surface area contributed by atoms with Gasteiger partial charge in [-0.05, 0) is 43.7 Å². The van der Waals surface area contributed by atoms with Crippen LogP contribution in [-0.2, 0) is 10.1 Å². The number of hydrogen-bond donors (Lipinski definition) is 0. The van der Waals surface area contributed by atoms with Crippen molar-refractivity contribution in [2.45, 2.75) is 18.7 Å². The zero-order valence-electron chi connectivity index (χ0n) is 12.9. The van der Waals surface area contributed by atoms with Crippen molar-refractivity contribution in [2.24, 2.45) is 0 Å². The van der Waals surface area contributed by atoms with E-state index in [1.54, 1.807) is 19.1 Å². The highest BCUT2D eigenvalue weighted by molar-refractivity contribution is 7.87. The van der Waals surface area contributed by atoms with Gasteiger partial charge in [0.15, 0.2) is 5.75 Å². The number of halogens is 2. The van der Waals surface area contributed by atoms with Crippen LogP contribution >= 0.6 is 23.2 Å². The molecule has 0 N–H and O–H groups in total. The molecule has 0 amide bonds. The minimum absolute atomic E-state index is 0.0480. The van der Waals surface area contributed by atoms with Crippen LogP contribution < -0.4 is 4.18 Å². The first-order valence-electron chi connectivity index (χ1n) is 7.05. The first-order chi connectivity index (χ1) is 11.3. The van der Waals surface area contributed by atoms with E-state index >= 15 is 0 Å². The summed E-state index contributed by atoms with van der Waals surface area (Å²) in [7, 11) is -4.12. The van der Waals surface area contributed by atoms with E-state index in [-0.39, 0.29) is 15.7 Å². The van der Waals surface area contributed by atoms with Gasteiger partial charge in [-0.2, -0.15) is 8.42 Å². The Morgan fingerprint density at radius 1 is 1.00 bits per heavy atom. The number of aromatic nitrogens is 1. The average Bonchev–Trinajstić information content (AvgIpc) is 2.53. The van der Waals surface area contributed by atoms with Crippen LogP contribution in [0.15, 0.2) is 47.4 Å². The molecule has 24 heavy (non-hydrogen) atoms. The molecule has 124 valence electrons. The summed E-state index contributed by atoms with van der Waals surface area (Å²) in [6.07, 6.45) is 0. The lowest BCUT2D eigenvalue weighted by atomic mass is 10.2. The molecule has 0 aliphatic rings. The number of aryl methyl sites for hydroxylation is 1. The van der Waals surface area contributed by atoms with E-state index in [9.17, 15) is 8.42 Å². The molecule has 4 nitrogen and oxygen atoms in total. The van der Waals surface area contributed by atoms with Gasteiger partial charge in [0, 0.05) is 16.1 Å². The summed E-state index contributed by atoms with van der Waals surface area (Å²) in [5, 5.41) is 1.22. The summed E-state index contributed by atoms with van der Waals surface area (Å²) in [6.45, 7) is 3.47. The molecule has 3 rings (SSSR count). The van der Waals surface area contributed by atoms with E-state index in [1.807, 2.05) is 25.1 Å². The number of nitrogens with zero attached hydrogens (tertiary/aromatic N) is 1. The van der Waals surface area contributed by atoms with Crippen LogP contribution in [-0.4, -0.2) is 13.4 Å². The zero-order valence-corrected chi connectivity index (χ0v) is 15.2. The molecule has 0 atom stereocenters. The van der Waals surface area contributed by atoms with Gasteiger partial charge in [0.2, 0.25) is 0 Å². The summed E-state index contributed by atoms with van der Waals surface area (Å²) in [5.74, 6) is 0.153. The molecule has 0 saturated carbocycles. The van der Waals surface area contributed by atoms with Crippen molar-refractivity contribution in [1.82, 2.24) is 4.98 Å². The lowest BCUT2D eigenvalue weighted by Crippen LogP contribution is -2.11. The molecule has 7 heteroatoms. The van der Waals surface area contributed by atoms with Gasteiger partial charge in [-0.3, -0.25) is 0 Å². The quantitative estimate of drug-likeness (QED) is 0.603. The molecule has 0 bridgehead atoms. The van der Waals surface area contributed by atoms with Gasteiger partial charge in [0.05, 0.1) is 5.02 Å². The maximum absolute atomic E-state index is 12.6. The minimum atomic E-state index is -4.12. The fourth-order valence-corrected chi connectivity index (χ4v) is 4.00. The van der Waals surface area contributed by atoms with Crippen molar-refractivity contribution in [1.29, 1.82) is 0 Å². The van der Waals surface area contributed by atoms with Crippen LogP contribution in [0, 0.1) is 13.8 Å². The first-order valence-corrected chi connectivity index (χ1v) is 9.21. The largest absolute Gasteiger partial charge is 0.377 e. The predicted molar refractivity (Wildman–Crippen MR) is 95.5 cm³/mol.